The molecular weight excluding hydrogens is 379 g/mol. The Morgan fingerprint density at radius 3 is 2.15 bits per heavy atom. The van der Waals surface area contributed by atoms with E-state index in [1.807, 2.05) is 0 Å². The van der Waals surface area contributed by atoms with Crippen LogP contribution in [0.1, 0.15) is 6.92 Å². The summed E-state index contributed by atoms with van der Waals surface area (Å²) in [5.41, 5.74) is 1.09. The van der Waals surface area contributed by atoms with E-state index in [2.05, 4.69) is 10.6 Å². The van der Waals surface area contributed by atoms with E-state index >= 15 is 0 Å². The molecule has 0 aliphatic rings. The summed E-state index contributed by atoms with van der Waals surface area (Å²) < 4.78 is 15.9. The molecule has 0 bridgehead atoms. The first-order valence-corrected chi connectivity index (χ1v) is 8.47. The predicted octanol–water partition coefficient (Wildman–Crippen LogP) is 4.46. The molecule has 0 saturated carbocycles. The molecule has 0 fully saturated rings. The first-order valence-electron chi connectivity index (χ1n) is 7.72. The molecule has 0 radical (unpaired) electrons. The number of ether oxygens (including phenoxy) is 3. The third-order valence-corrected chi connectivity index (χ3v) is 4.19. The van der Waals surface area contributed by atoms with Crippen molar-refractivity contribution in [3.8, 4) is 17.2 Å². The van der Waals surface area contributed by atoms with Gasteiger partial charge in [0, 0.05) is 22.8 Å². The monoisotopic (exact) mass is 398 g/mol. The maximum Gasteiger partial charge on any atom is 0.246 e. The van der Waals surface area contributed by atoms with Gasteiger partial charge in [0.25, 0.3) is 0 Å². The zero-order valence-corrected chi connectivity index (χ0v) is 16.4. The summed E-state index contributed by atoms with van der Waals surface area (Å²) in [5.74, 6) is 1.17. The van der Waals surface area contributed by atoms with Crippen LogP contribution in [0.3, 0.4) is 0 Å². The lowest BCUT2D eigenvalue weighted by atomic mass is 10.2. The van der Waals surface area contributed by atoms with Crippen molar-refractivity contribution in [3.63, 3.8) is 0 Å². The average molecular weight is 399 g/mol. The van der Waals surface area contributed by atoms with Crippen LogP contribution in [-0.2, 0) is 4.79 Å². The predicted molar refractivity (Wildman–Crippen MR) is 104 cm³/mol. The molecule has 2 aromatic carbocycles. The lowest BCUT2D eigenvalue weighted by Crippen LogP contribution is -2.32. The van der Waals surface area contributed by atoms with Gasteiger partial charge >= 0.3 is 0 Å². The van der Waals surface area contributed by atoms with Gasteiger partial charge in [-0.1, -0.05) is 23.2 Å². The Labute approximate surface area is 162 Å². The topological polar surface area (TPSA) is 68.8 Å². The van der Waals surface area contributed by atoms with Crippen LogP contribution in [0.2, 0.25) is 10.0 Å². The molecule has 0 aliphatic heterocycles. The van der Waals surface area contributed by atoms with E-state index in [9.17, 15) is 4.79 Å². The number of halogens is 2. The Kier molecular flexibility index (Phi) is 6.83. The van der Waals surface area contributed by atoms with Crippen molar-refractivity contribution >= 4 is 40.5 Å². The highest BCUT2D eigenvalue weighted by molar-refractivity contribution is 6.35. The summed E-state index contributed by atoms with van der Waals surface area (Å²) in [6, 6.07) is 7.74. The average Bonchev–Trinajstić information content (AvgIpc) is 2.63. The molecular formula is C18H20Cl2N2O4. The van der Waals surface area contributed by atoms with E-state index in [1.165, 1.54) is 21.3 Å². The zero-order chi connectivity index (χ0) is 19.3. The number of amides is 1. The smallest absolute Gasteiger partial charge is 0.246 e. The van der Waals surface area contributed by atoms with Crippen LogP contribution in [0.15, 0.2) is 30.3 Å². The summed E-state index contributed by atoms with van der Waals surface area (Å²) >= 11 is 12.0. The number of hydrogen-bond acceptors (Lipinski definition) is 5. The Hall–Kier alpha value is -2.31. The second-order valence-electron chi connectivity index (χ2n) is 5.39. The number of carbonyl (C=O) groups excluding carboxylic acids is 1. The van der Waals surface area contributed by atoms with Gasteiger partial charge in [0.1, 0.15) is 6.04 Å². The number of anilines is 2. The molecule has 0 aromatic heterocycles. The van der Waals surface area contributed by atoms with Crippen LogP contribution in [0.25, 0.3) is 0 Å². The molecule has 1 atom stereocenters. The first-order chi connectivity index (χ1) is 12.4. The van der Waals surface area contributed by atoms with E-state index in [-0.39, 0.29) is 5.91 Å². The number of nitrogens with one attached hydrogen (secondary N) is 2. The van der Waals surface area contributed by atoms with Crippen molar-refractivity contribution in [2.45, 2.75) is 13.0 Å². The van der Waals surface area contributed by atoms with E-state index in [4.69, 9.17) is 37.4 Å². The zero-order valence-electron chi connectivity index (χ0n) is 14.9. The summed E-state index contributed by atoms with van der Waals surface area (Å²) in [6.45, 7) is 1.72. The highest BCUT2D eigenvalue weighted by Crippen LogP contribution is 2.40. The highest BCUT2D eigenvalue weighted by atomic mass is 35.5. The van der Waals surface area contributed by atoms with Crippen LogP contribution < -0.4 is 24.8 Å². The molecule has 0 saturated heterocycles. The first kappa shape index (κ1) is 20.0. The molecule has 140 valence electrons. The Balaban J connectivity index is 2.17. The quantitative estimate of drug-likeness (QED) is 0.720. The van der Waals surface area contributed by atoms with Crippen molar-refractivity contribution in [2.75, 3.05) is 32.0 Å². The molecule has 1 unspecified atom stereocenters. The van der Waals surface area contributed by atoms with E-state index < -0.39 is 6.04 Å². The van der Waals surface area contributed by atoms with Crippen molar-refractivity contribution in [3.05, 3.63) is 40.4 Å². The number of carbonyl (C=O) groups is 1. The summed E-state index contributed by atoms with van der Waals surface area (Å²) in [5, 5.41) is 6.73. The third kappa shape index (κ3) is 4.65. The van der Waals surface area contributed by atoms with Crippen molar-refractivity contribution < 1.29 is 19.0 Å². The summed E-state index contributed by atoms with van der Waals surface area (Å²) in [7, 11) is 4.58. The highest BCUT2D eigenvalue weighted by Gasteiger charge is 2.18. The Morgan fingerprint density at radius 2 is 1.62 bits per heavy atom. The number of benzene rings is 2. The van der Waals surface area contributed by atoms with Gasteiger partial charge in [-0.3, -0.25) is 4.79 Å². The maximum atomic E-state index is 12.4. The largest absolute Gasteiger partial charge is 0.493 e. The van der Waals surface area contributed by atoms with Crippen molar-refractivity contribution in [1.29, 1.82) is 0 Å². The van der Waals surface area contributed by atoms with Crippen LogP contribution in [-0.4, -0.2) is 33.3 Å². The van der Waals surface area contributed by atoms with E-state index in [1.54, 1.807) is 37.3 Å². The standard InChI is InChI=1S/C18H20Cl2N2O4/c1-10(18(23)22-14-7-11(19)5-6-13(14)20)21-12-8-15(24-2)17(26-4)16(9-12)25-3/h5-10,21H,1-4H3,(H,22,23). The molecule has 0 heterocycles. The molecule has 6 nitrogen and oxygen atoms in total. The maximum absolute atomic E-state index is 12.4. The van der Waals surface area contributed by atoms with Gasteiger partial charge in [-0.15, -0.1) is 0 Å². The minimum absolute atomic E-state index is 0.275. The molecule has 8 heteroatoms. The van der Waals surface area contributed by atoms with Crippen LogP contribution in [0.4, 0.5) is 11.4 Å². The summed E-state index contributed by atoms with van der Waals surface area (Å²) in [4.78, 5) is 12.4. The minimum atomic E-state index is -0.562. The van der Waals surface area contributed by atoms with Crippen molar-refractivity contribution in [1.82, 2.24) is 0 Å². The third-order valence-electron chi connectivity index (χ3n) is 3.63. The molecule has 0 aliphatic carbocycles. The van der Waals surface area contributed by atoms with E-state index in [0.717, 1.165) is 0 Å². The SMILES string of the molecule is COc1cc(NC(C)C(=O)Nc2cc(Cl)ccc2Cl)cc(OC)c1OC. The Morgan fingerprint density at radius 1 is 1.00 bits per heavy atom. The van der Waals surface area contributed by atoms with Crippen LogP contribution in [0.5, 0.6) is 17.2 Å². The molecule has 26 heavy (non-hydrogen) atoms. The van der Waals surface area contributed by atoms with Crippen LogP contribution >= 0.6 is 23.2 Å². The van der Waals surface area contributed by atoms with Crippen LogP contribution in [0, 0.1) is 0 Å². The fraction of sp³-hybridized carbons (Fsp3) is 0.278. The molecule has 2 rings (SSSR count). The van der Waals surface area contributed by atoms with Gasteiger partial charge in [-0.2, -0.15) is 0 Å². The fourth-order valence-electron chi connectivity index (χ4n) is 2.31. The second kappa shape index (κ2) is 8.87. The summed E-state index contributed by atoms with van der Waals surface area (Å²) in [6.07, 6.45) is 0. The fourth-order valence-corrected chi connectivity index (χ4v) is 2.65. The van der Waals surface area contributed by atoms with Gasteiger partial charge in [0.15, 0.2) is 11.5 Å². The molecule has 1 amide bonds. The van der Waals surface area contributed by atoms with Gasteiger partial charge in [-0.05, 0) is 25.1 Å². The van der Waals surface area contributed by atoms with Gasteiger partial charge in [0.2, 0.25) is 11.7 Å². The Bertz CT molecular complexity index is 774. The molecule has 0 spiro atoms. The number of hydrogen-bond donors (Lipinski definition) is 2. The van der Waals surface area contributed by atoms with Crippen molar-refractivity contribution in [2.24, 2.45) is 0 Å². The molecule has 2 aromatic rings. The second-order valence-corrected chi connectivity index (χ2v) is 6.24. The normalized spacial score (nSPS) is 11.5. The minimum Gasteiger partial charge on any atom is -0.493 e. The number of rotatable bonds is 7. The lowest BCUT2D eigenvalue weighted by Gasteiger charge is -2.19. The van der Waals surface area contributed by atoms with Gasteiger partial charge in [-0.25, -0.2) is 0 Å². The van der Waals surface area contributed by atoms with E-state index in [0.29, 0.717) is 38.7 Å². The van der Waals surface area contributed by atoms with Gasteiger partial charge in [0.05, 0.1) is 32.0 Å². The molecule has 2 N–H and O–H groups in total. The lowest BCUT2D eigenvalue weighted by molar-refractivity contribution is -0.116. The number of methoxy groups -OCH3 is 3. The van der Waals surface area contributed by atoms with Gasteiger partial charge < -0.3 is 24.8 Å².